The number of nitrogens with zero attached hydrogens (tertiary/aromatic N) is 1. The van der Waals surface area contributed by atoms with E-state index < -0.39 is 11.7 Å². The molecule has 0 saturated carbocycles. The van der Waals surface area contributed by atoms with Crippen molar-refractivity contribution in [2.75, 3.05) is 28.7 Å². The van der Waals surface area contributed by atoms with Crippen molar-refractivity contribution in [2.45, 2.75) is 47.1 Å². The minimum atomic E-state index is -0.645. The van der Waals surface area contributed by atoms with Crippen LogP contribution in [0.25, 0.3) is 0 Å². The third-order valence-corrected chi connectivity index (χ3v) is 4.79. The molecule has 3 rings (SSSR count). The van der Waals surface area contributed by atoms with Crippen molar-refractivity contribution >= 4 is 35.0 Å². The molecule has 0 radical (unpaired) electrons. The maximum absolute atomic E-state index is 12.8. The van der Waals surface area contributed by atoms with Crippen LogP contribution in [0.2, 0.25) is 0 Å². The largest absolute Gasteiger partial charge is 0.482 e. The van der Waals surface area contributed by atoms with E-state index in [9.17, 15) is 14.4 Å². The lowest BCUT2D eigenvalue weighted by Gasteiger charge is -2.29. The van der Waals surface area contributed by atoms with Gasteiger partial charge in [0, 0.05) is 11.4 Å². The molecular formula is C24H29N3O5. The van der Waals surface area contributed by atoms with Crippen LogP contribution in [-0.2, 0) is 14.3 Å². The molecule has 0 saturated heterocycles. The Morgan fingerprint density at radius 3 is 2.34 bits per heavy atom. The molecule has 2 N–H and O–H groups in total. The minimum Gasteiger partial charge on any atom is -0.482 e. The summed E-state index contributed by atoms with van der Waals surface area (Å²) >= 11 is 0. The summed E-state index contributed by atoms with van der Waals surface area (Å²) in [6, 6.07) is 8.87. The third-order valence-electron chi connectivity index (χ3n) is 4.79. The predicted molar refractivity (Wildman–Crippen MR) is 123 cm³/mol. The van der Waals surface area contributed by atoms with Crippen molar-refractivity contribution in [3.05, 3.63) is 47.0 Å². The molecule has 0 fully saturated rings. The van der Waals surface area contributed by atoms with Gasteiger partial charge in [-0.15, -0.1) is 0 Å². The van der Waals surface area contributed by atoms with Gasteiger partial charge in [-0.05, 0) is 70.9 Å². The van der Waals surface area contributed by atoms with Crippen molar-refractivity contribution < 1.29 is 23.9 Å². The fraction of sp³-hybridized carbons (Fsp3) is 0.375. The van der Waals surface area contributed by atoms with Gasteiger partial charge in [0.05, 0.1) is 5.69 Å². The fourth-order valence-electron chi connectivity index (χ4n) is 3.57. The number of carbonyl (C=O) groups is 3. The highest BCUT2D eigenvalue weighted by Gasteiger charge is 2.28. The quantitative estimate of drug-likeness (QED) is 0.739. The van der Waals surface area contributed by atoms with Crippen LogP contribution in [0.1, 0.15) is 37.5 Å². The molecule has 32 heavy (non-hydrogen) atoms. The number of rotatable bonds is 4. The lowest BCUT2D eigenvalue weighted by atomic mass is 10.1. The second-order valence-corrected chi connectivity index (χ2v) is 8.90. The number of aryl methyl sites for hydroxylation is 3. The molecule has 1 aliphatic rings. The van der Waals surface area contributed by atoms with Crippen molar-refractivity contribution in [1.82, 2.24) is 0 Å². The fourth-order valence-corrected chi connectivity index (χ4v) is 3.57. The lowest BCUT2D eigenvalue weighted by molar-refractivity contribution is -0.123. The molecule has 8 heteroatoms. The van der Waals surface area contributed by atoms with Gasteiger partial charge in [-0.3, -0.25) is 19.8 Å². The van der Waals surface area contributed by atoms with Crippen molar-refractivity contribution in [2.24, 2.45) is 0 Å². The van der Waals surface area contributed by atoms with E-state index in [1.807, 2.05) is 32.9 Å². The Bertz CT molecular complexity index is 1050. The van der Waals surface area contributed by atoms with Crippen molar-refractivity contribution in [3.63, 3.8) is 0 Å². The molecule has 8 nitrogen and oxygen atoms in total. The molecule has 0 atom stereocenters. The van der Waals surface area contributed by atoms with Crippen LogP contribution in [0.3, 0.4) is 0 Å². The Kier molecular flexibility index (Phi) is 6.43. The van der Waals surface area contributed by atoms with Gasteiger partial charge in [-0.1, -0.05) is 17.7 Å². The second-order valence-electron chi connectivity index (χ2n) is 8.90. The first-order chi connectivity index (χ1) is 14.9. The van der Waals surface area contributed by atoms with E-state index >= 15 is 0 Å². The molecule has 0 aliphatic carbocycles. The molecule has 1 aliphatic heterocycles. The van der Waals surface area contributed by atoms with Gasteiger partial charge in [-0.25, -0.2) is 4.79 Å². The first-order valence-electron chi connectivity index (χ1n) is 10.4. The van der Waals surface area contributed by atoms with Crippen LogP contribution < -0.4 is 20.3 Å². The maximum atomic E-state index is 12.8. The van der Waals surface area contributed by atoms with Crippen LogP contribution >= 0.6 is 0 Å². The Morgan fingerprint density at radius 2 is 1.72 bits per heavy atom. The zero-order valence-corrected chi connectivity index (χ0v) is 19.3. The smallest absolute Gasteiger partial charge is 0.412 e. The Hall–Kier alpha value is -3.55. The lowest BCUT2D eigenvalue weighted by Crippen LogP contribution is -2.43. The van der Waals surface area contributed by atoms with Crippen LogP contribution in [0.5, 0.6) is 5.75 Å². The van der Waals surface area contributed by atoms with Crippen LogP contribution in [0, 0.1) is 20.8 Å². The Labute approximate surface area is 187 Å². The molecule has 3 amide bonds. The van der Waals surface area contributed by atoms with E-state index in [4.69, 9.17) is 9.47 Å². The highest BCUT2D eigenvalue weighted by atomic mass is 16.6. The van der Waals surface area contributed by atoms with E-state index in [0.717, 1.165) is 22.4 Å². The van der Waals surface area contributed by atoms with Crippen LogP contribution in [0.15, 0.2) is 30.3 Å². The second kappa shape index (κ2) is 8.90. The van der Waals surface area contributed by atoms with E-state index in [-0.39, 0.29) is 25.0 Å². The highest BCUT2D eigenvalue weighted by molar-refractivity contribution is 6.06. The van der Waals surface area contributed by atoms with Crippen molar-refractivity contribution in [1.29, 1.82) is 0 Å². The number of ether oxygens (including phenoxy) is 2. The summed E-state index contributed by atoms with van der Waals surface area (Å²) in [4.78, 5) is 38.8. The first-order valence-corrected chi connectivity index (χ1v) is 10.4. The number of benzene rings is 2. The molecule has 0 unspecified atom stereocenters. The molecule has 0 spiro atoms. The monoisotopic (exact) mass is 439 g/mol. The molecule has 0 bridgehead atoms. The Morgan fingerprint density at radius 1 is 1.06 bits per heavy atom. The summed E-state index contributed by atoms with van der Waals surface area (Å²) in [6.45, 7) is 10.8. The average molecular weight is 440 g/mol. The van der Waals surface area contributed by atoms with Gasteiger partial charge in [0.25, 0.3) is 5.91 Å². The topological polar surface area (TPSA) is 97.0 Å². The maximum Gasteiger partial charge on any atom is 0.412 e. The third kappa shape index (κ3) is 5.57. The summed E-state index contributed by atoms with van der Waals surface area (Å²) in [5.41, 5.74) is 3.94. The zero-order valence-electron chi connectivity index (χ0n) is 19.3. The Balaban J connectivity index is 1.79. The molecular weight excluding hydrogens is 410 g/mol. The standard InChI is InChI=1S/C24H29N3O5/c1-14-9-15(2)22(16(3)10-14)26-20(28)12-27-18-11-17(25-23(30)32-24(4,5)6)7-8-19(18)31-13-21(27)29/h7-11H,12-13H2,1-6H3,(H,25,30)(H,26,28). The predicted octanol–water partition coefficient (Wildman–Crippen LogP) is 4.32. The first kappa shape index (κ1) is 23.1. The summed E-state index contributed by atoms with van der Waals surface area (Å²) in [5, 5.41) is 5.56. The van der Waals surface area contributed by atoms with Gasteiger partial charge >= 0.3 is 6.09 Å². The van der Waals surface area contributed by atoms with Gasteiger partial charge in [0.15, 0.2) is 6.61 Å². The van der Waals surface area contributed by atoms with E-state index in [2.05, 4.69) is 10.6 Å². The minimum absolute atomic E-state index is 0.165. The average Bonchev–Trinajstić information content (AvgIpc) is 2.65. The van der Waals surface area contributed by atoms with Crippen molar-refractivity contribution in [3.8, 4) is 5.75 Å². The number of anilines is 3. The van der Waals surface area contributed by atoms with Crippen LogP contribution in [-0.4, -0.2) is 36.7 Å². The molecule has 2 aromatic rings. The SMILES string of the molecule is Cc1cc(C)c(NC(=O)CN2C(=O)COc3ccc(NC(=O)OC(C)(C)C)cc32)c(C)c1. The number of hydrogen-bond acceptors (Lipinski definition) is 5. The number of nitrogens with one attached hydrogen (secondary N) is 2. The number of fused-ring (bicyclic) bond motifs is 1. The summed E-state index contributed by atoms with van der Waals surface area (Å²) in [5.74, 6) is -0.221. The highest BCUT2D eigenvalue weighted by Crippen LogP contribution is 2.35. The van der Waals surface area contributed by atoms with E-state index in [1.54, 1.807) is 39.0 Å². The summed E-state index contributed by atoms with van der Waals surface area (Å²) in [6.07, 6.45) is -0.616. The number of carbonyl (C=O) groups excluding carboxylic acids is 3. The van der Waals surface area contributed by atoms with E-state index in [1.165, 1.54) is 4.90 Å². The van der Waals surface area contributed by atoms with Gasteiger partial charge in [0.2, 0.25) is 5.91 Å². The summed E-state index contributed by atoms with van der Waals surface area (Å²) < 4.78 is 10.8. The number of hydrogen-bond donors (Lipinski definition) is 2. The van der Waals surface area contributed by atoms with Gasteiger partial charge < -0.3 is 14.8 Å². The van der Waals surface area contributed by atoms with Gasteiger partial charge in [0.1, 0.15) is 17.9 Å². The molecule has 0 aromatic heterocycles. The normalized spacial score (nSPS) is 13.2. The molecule has 1 heterocycles. The zero-order chi connectivity index (χ0) is 23.6. The number of amides is 3. The molecule has 2 aromatic carbocycles. The van der Waals surface area contributed by atoms with Crippen LogP contribution in [0.4, 0.5) is 21.9 Å². The molecule has 170 valence electrons. The summed E-state index contributed by atoms with van der Waals surface area (Å²) in [7, 11) is 0. The van der Waals surface area contributed by atoms with Gasteiger partial charge in [-0.2, -0.15) is 0 Å². The van der Waals surface area contributed by atoms with E-state index in [0.29, 0.717) is 17.1 Å².